The molecule has 0 aliphatic heterocycles. The van der Waals surface area contributed by atoms with Crippen molar-refractivity contribution in [2.75, 3.05) is 6.54 Å². The van der Waals surface area contributed by atoms with E-state index in [-0.39, 0.29) is 24.9 Å². The standard InChI is InChI=1S/C18H20F3N5O/c1-11(8-26-15(18(19,20)21)6-12(2)24-26)7-22-17(27)14-4-5-16-23-13(3)9-25(16)10-14/h4-6,9-11H,7-8H2,1-3H3,(H,22,27)/t11-/m1/s1. The summed E-state index contributed by atoms with van der Waals surface area (Å²) in [5.41, 5.74) is 1.57. The molecule has 1 atom stereocenters. The number of aromatic nitrogens is 4. The summed E-state index contributed by atoms with van der Waals surface area (Å²) in [6.45, 7) is 5.44. The Labute approximate surface area is 154 Å². The van der Waals surface area contributed by atoms with Gasteiger partial charge in [-0.15, -0.1) is 0 Å². The monoisotopic (exact) mass is 379 g/mol. The molecule has 0 spiro atoms. The second-order valence-electron chi connectivity index (χ2n) is 6.73. The number of imidazole rings is 1. The first kappa shape index (κ1) is 18.9. The maximum Gasteiger partial charge on any atom is 0.433 e. The first-order chi connectivity index (χ1) is 12.6. The number of aryl methyl sites for hydroxylation is 2. The second kappa shape index (κ2) is 7.05. The molecule has 0 aliphatic rings. The lowest BCUT2D eigenvalue weighted by Gasteiger charge is -2.16. The summed E-state index contributed by atoms with van der Waals surface area (Å²) in [7, 11) is 0. The molecule has 27 heavy (non-hydrogen) atoms. The van der Waals surface area contributed by atoms with Gasteiger partial charge in [0.1, 0.15) is 11.3 Å². The van der Waals surface area contributed by atoms with E-state index in [1.165, 1.54) is 6.92 Å². The average molecular weight is 379 g/mol. The van der Waals surface area contributed by atoms with Crippen LogP contribution in [-0.4, -0.2) is 31.6 Å². The van der Waals surface area contributed by atoms with E-state index in [1.807, 2.05) is 13.1 Å². The molecule has 0 fully saturated rings. The highest BCUT2D eigenvalue weighted by Gasteiger charge is 2.35. The highest BCUT2D eigenvalue weighted by molar-refractivity contribution is 5.94. The molecule has 0 aliphatic carbocycles. The van der Waals surface area contributed by atoms with Crippen LogP contribution in [0.15, 0.2) is 30.6 Å². The van der Waals surface area contributed by atoms with Crippen LogP contribution in [0.4, 0.5) is 13.2 Å². The fourth-order valence-corrected chi connectivity index (χ4v) is 2.89. The van der Waals surface area contributed by atoms with Crippen LogP contribution in [0.1, 0.15) is 34.4 Å². The lowest BCUT2D eigenvalue weighted by Crippen LogP contribution is -2.31. The van der Waals surface area contributed by atoms with Gasteiger partial charge in [0.05, 0.1) is 17.0 Å². The summed E-state index contributed by atoms with van der Waals surface area (Å²) in [6.07, 6.45) is -0.968. The zero-order valence-electron chi connectivity index (χ0n) is 15.2. The molecule has 1 N–H and O–H groups in total. The van der Waals surface area contributed by atoms with Crippen LogP contribution >= 0.6 is 0 Å². The van der Waals surface area contributed by atoms with Crippen LogP contribution < -0.4 is 5.32 Å². The molecule has 0 aromatic carbocycles. The van der Waals surface area contributed by atoms with Crippen molar-refractivity contribution in [2.24, 2.45) is 5.92 Å². The van der Waals surface area contributed by atoms with E-state index in [0.717, 1.165) is 22.1 Å². The maximum absolute atomic E-state index is 13.0. The van der Waals surface area contributed by atoms with Gasteiger partial charge in [-0.1, -0.05) is 6.92 Å². The van der Waals surface area contributed by atoms with E-state index in [9.17, 15) is 18.0 Å². The summed E-state index contributed by atoms with van der Waals surface area (Å²) in [5, 5.41) is 6.67. The van der Waals surface area contributed by atoms with Gasteiger partial charge in [0.15, 0.2) is 0 Å². The Bertz CT molecular complexity index is 973. The number of carbonyl (C=O) groups is 1. The van der Waals surface area contributed by atoms with Crippen LogP contribution in [0.3, 0.4) is 0 Å². The topological polar surface area (TPSA) is 64.2 Å². The lowest BCUT2D eigenvalue weighted by molar-refractivity contribution is -0.144. The molecule has 1 amide bonds. The first-order valence-electron chi connectivity index (χ1n) is 8.48. The minimum Gasteiger partial charge on any atom is -0.352 e. The Kier molecular flexibility index (Phi) is 4.95. The third kappa shape index (κ3) is 4.29. The zero-order chi connectivity index (χ0) is 19.8. The van der Waals surface area contributed by atoms with Crippen LogP contribution in [0, 0.1) is 19.8 Å². The third-order valence-corrected chi connectivity index (χ3v) is 4.12. The summed E-state index contributed by atoms with van der Waals surface area (Å²) in [5.74, 6) is -0.517. The molecular weight excluding hydrogens is 359 g/mol. The van der Waals surface area contributed by atoms with Crippen molar-refractivity contribution in [1.82, 2.24) is 24.5 Å². The molecule has 9 heteroatoms. The fourth-order valence-electron chi connectivity index (χ4n) is 2.89. The van der Waals surface area contributed by atoms with Crippen LogP contribution in [0.5, 0.6) is 0 Å². The maximum atomic E-state index is 13.0. The zero-order valence-corrected chi connectivity index (χ0v) is 15.2. The number of amides is 1. The smallest absolute Gasteiger partial charge is 0.352 e. The molecule has 3 aromatic rings. The van der Waals surface area contributed by atoms with Gasteiger partial charge in [0, 0.05) is 25.5 Å². The van der Waals surface area contributed by atoms with Crippen molar-refractivity contribution in [3.63, 3.8) is 0 Å². The van der Waals surface area contributed by atoms with E-state index >= 15 is 0 Å². The van der Waals surface area contributed by atoms with Gasteiger partial charge >= 0.3 is 6.18 Å². The van der Waals surface area contributed by atoms with E-state index in [4.69, 9.17) is 0 Å². The van der Waals surface area contributed by atoms with Crippen LogP contribution in [-0.2, 0) is 12.7 Å². The van der Waals surface area contributed by atoms with Gasteiger partial charge < -0.3 is 9.72 Å². The van der Waals surface area contributed by atoms with Gasteiger partial charge in [-0.05, 0) is 38.0 Å². The SMILES string of the molecule is Cc1cn2cc(C(=O)NC[C@@H](C)Cn3nc(C)cc3C(F)(F)F)ccc2n1. The highest BCUT2D eigenvalue weighted by Crippen LogP contribution is 2.30. The molecule has 0 saturated carbocycles. The third-order valence-electron chi connectivity index (χ3n) is 4.12. The first-order valence-corrected chi connectivity index (χ1v) is 8.48. The Hall–Kier alpha value is -2.84. The molecule has 3 aromatic heterocycles. The number of pyridine rings is 1. The van der Waals surface area contributed by atoms with Crippen molar-refractivity contribution < 1.29 is 18.0 Å². The van der Waals surface area contributed by atoms with Gasteiger partial charge in [0.25, 0.3) is 5.91 Å². The quantitative estimate of drug-likeness (QED) is 0.740. The summed E-state index contributed by atoms with van der Waals surface area (Å²) in [4.78, 5) is 16.6. The van der Waals surface area contributed by atoms with Gasteiger partial charge in [-0.3, -0.25) is 9.48 Å². The van der Waals surface area contributed by atoms with Crippen molar-refractivity contribution in [3.05, 3.63) is 53.2 Å². The predicted molar refractivity (Wildman–Crippen MR) is 93.4 cm³/mol. The Balaban J connectivity index is 1.63. The number of halogens is 3. The molecule has 144 valence electrons. The number of alkyl halides is 3. The van der Waals surface area contributed by atoms with Gasteiger partial charge in [-0.25, -0.2) is 4.98 Å². The largest absolute Gasteiger partial charge is 0.433 e. The number of hydrogen-bond acceptors (Lipinski definition) is 3. The molecule has 0 saturated heterocycles. The van der Waals surface area contributed by atoms with Crippen LogP contribution in [0.25, 0.3) is 5.65 Å². The van der Waals surface area contributed by atoms with Crippen molar-refractivity contribution in [2.45, 2.75) is 33.5 Å². The van der Waals surface area contributed by atoms with E-state index in [0.29, 0.717) is 11.3 Å². The molecule has 0 unspecified atom stereocenters. The number of fused-ring (bicyclic) bond motifs is 1. The van der Waals surface area contributed by atoms with E-state index in [2.05, 4.69) is 15.4 Å². The Morgan fingerprint density at radius 1 is 1.22 bits per heavy atom. The Morgan fingerprint density at radius 2 is 1.96 bits per heavy atom. The summed E-state index contributed by atoms with van der Waals surface area (Å²) < 4.78 is 41.8. The second-order valence-corrected chi connectivity index (χ2v) is 6.73. The summed E-state index contributed by atoms with van der Waals surface area (Å²) >= 11 is 0. The molecule has 6 nitrogen and oxygen atoms in total. The highest BCUT2D eigenvalue weighted by atomic mass is 19.4. The van der Waals surface area contributed by atoms with E-state index in [1.54, 1.807) is 29.7 Å². The number of hydrogen-bond donors (Lipinski definition) is 1. The predicted octanol–water partition coefficient (Wildman–Crippen LogP) is 3.23. The average Bonchev–Trinajstić information content (AvgIpc) is 3.12. The van der Waals surface area contributed by atoms with Crippen LogP contribution in [0.2, 0.25) is 0 Å². The van der Waals surface area contributed by atoms with Crippen molar-refractivity contribution in [3.8, 4) is 0 Å². The number of nitrogens with zero attached hydrogens (tertiary/aromatic N) is 4. The number of rotatable bonds is 5. The van der Waals surface area contributed by atoms with Crippen molar-refractivity contribution >= 4 is 11.6 Å². The molecule has 3 rings (SSSR count). The van der Waals surface area contributed by atoms with E-state index < -0.39 is 11.9 Å². The minimum atomic E-state index is -4.46. The molecule has 0 bridgehead atoms. The fraction of sp³-hybridized carbons (Fsp3) is 0.389. The Morgan fingerprint density at radius 3 is 2.67 bits per heavy atom. The summed E-state index contributed by atoms with van der Waals surface area (Å²) in [6, 6.07) is 4.43. The number of carbonyl (C=O) groups excluding carboxylic acids is 1. The minimum absolute atomic E-state index is 0.0582. The normalized spacial score (nSPS) is 13.1. The molecular formula is C18H20F3N5O. The number of nitrogens with one attached hydrogen (secondary N) is 1. The van der Waals surface area contributed by atoms with Gasteiger partial charge in [-0.2, -0.15) is 18.3 Å². The van der Waals surface area contributed by atoms with Gasteiger partial charge in [0.2, 0.25) is 0 Å². The van der Waals surface area contributed by atoms with Crippen molar-refractivity contribution in [1.29, 1.82) is 0 Å². The molecule has 0 radical (unpaired) electrons. The lowest BCUT2D eigenvalue weighted by atomic mass is 10.1. The molecule has 3 heterocycles.